The summed E-state index contributed by atoms with van der Waals surface area (Å²) in [4.78, 5) is 24.4. The third kappa shape index (κ3) is 3.55. The number of amides is 1. The van der Waals surface area contributed by atoms with Crippen LogP contribution in [0.1, 0.15) is 21.9 Å². The molecule has 1 amide bonds. The van der Waals surface area contributed by atoms with Gasteiger partial charge in [-0.25, -0.2) is 0 Å². The summed E-state index contributed by atoms with van der Waals surface area (Å²) in [5.41, 5.74) is 2.00. The van der Waals surface area contributed by atoms with Crippen LogP contribution in [0.5, 0.6) is 5.75 Å². The van der Waals surface area contributed by atoms with E-state index in [0.717, 1.165) is 11.4 Å². The standard InChI is InChI=1S/C18H19N3O4/c1-11-8-12(2)21(20-11)7-6-19-18(23)17-10-15(22)14-5-4-13(24-3)9-16(14)25-17/h4-5,8-10H,6-7H2,1-3H3,(H,19,23). The Balaban J connectivity index is 1.75. The van der Waals surface area contributed by atoms with E-state index in [-0.39, 0.29) is 11.2 Å². The highest BCUT2D eigenvalue weighted by atomic mass is 16.5. The minimum Gasteiger partial charge on any atom is -0.497 e. The van der Waals surface area contributed by atoms with Crippen molar-refractivity contribution >= 4 is 16.9 Å². The van der Waals surface area contributed by atoms with Crippen molar-refractivity contribution in [2.75, 3.05) is 13.7 Å². The van der Waals surface area contributed by atoms with Crippen LogP contribution in [0.3, 0.4) is 0 Å². The zero-order valence-electron chi connectivity index (χ0n) is 14.3. The predicted octanol–water partition coefficient (Wildman–Crippen LogP) is 2.04. The van der Waals surface area contributed by atoms with Gasteiger partial charge in [0.2, 0.25) is 0 Å². The molecule has 2 aromatic heterocycles. The normalized spacial score (nSPS) is 10.8. The molecule has 7 heteroatoms. The molecule has 0 radical (unpaired) electrons. The van der Waals surface area contributed by atoms with Crippen molar-refractivity contribution in [3.05, 3.63) is 57.7 Å². The van der Waals surface area contributed by atoms with Crippen molar-refractivity contribution in [3.63, 3.8) is 0 Å². The molecule has 0 fully saturated rings. The van der Waals surface area contributed by atoms with E-state index in [9.17, 15) is 9.59 Å². The average Bonchev–Trinajstić information content (AvgIpc) is 2.91. The molecule has 0 aliphatic heterocycles. The van der Waals surface area contributed by atoms with Gasteiger partial charge >= 0.3 is 0 Å². The minimum absolute atomic E-state index is 0.0286. The Morgan fingerprint density at radius 1 is 1.28 bits per heavy atom. The maximum absolute atomic E-state index is 12.3. The lowest BCUT2D eigenvalue weighted by Gasteiger charge is -2.07. The summed E-state index contributed by atoms with van der Waals surface area (Å²) in [6, 6.07) is 8.05. The molecule has 1 N–H and O–H groups in total. The summed E-state index contributed by atoms with van der Waals surface area (Å²) in [5.74, 6) is 0.0835. The Kier molecular flexibility index (Phi) is 4.56. The number of methoxy groups -OCH3 is 1. The van der Waals surface area contributed by atoms with Crippen LogP contribution in [-0.4, -0.2) is 29.3 Å². The number of nitrogens with one attached hydrogen (secondary N) is 1. The smallest absolute Gasteiger partial charge is 0.287 e. The Labute approximate surface area is 144 Å². The van der Waals surface area contributed by atoms with Crippen LogP contribution in [0.4, 0.5) is 0 Å². The molecule has 0 aliphatic carbocycles. The molecular formula is C18H19N3O4. The molecule has 3 aromatic rings. The number of hydrogen-bond acceptors (Lipinski definition) is 5. The van der Waals surface area contributed by atoms with Gasteiger partial charge in [-0.05, 0) is 32.0 Å². The van der Waals surface area contributed by atoms with Gasteiger partial charge in [-0.3, -0.25) is 14.3 Å². The number of fused-ring (bicyclic) bond motifs is 1. The van der Waals surface area contributed by atoms with Gasteiger partial charge in [-0.15, -0.1) is 0 Å². The molecule has 0 saturated carbocycles. The number of aromatic nitrogens is 2. The SMILES string of the molecule is COc1ccc2c(=O)cc(C(=O)NCCn3nc(C)cc3C)oc2c1. The summed E-state index contributed by atoms with van der Waals surface area (Å²) < 4.78 is 12.5. The minimum atomic E-state index is -0.441. The van der Waals surface area contributed by atoms with E-state index in [1.165, 1.54) is 13.2 Å². The molecule has 130 valence electrons. The molecule has 0 unspecified atom stereocenters. The van der Waals surface area contributed by atoms with Gasteiger partial charge in [0.05, 0.1) is 24.7 Å². The number of benzene rings is 1. The number of hydrogen-bond donors (Lipinski definition) is 1. The third-order valence-electron chi connectivity index (χ3n) is 3.87. The Hall–Kier alpha value is -3.09. The number of aryl methyl sites for hydroxylation is 2. The van der Waals surface area contributed by atoms with E-state index >= 15 is 0 Å². The lowest BCUT2D eigenvalue weighted by molar-refractivity contribution is 0.0924. The van der Waals surface area contributed by atoms with Gasteiger partial charge in [-0.2, -0.15) is 5.10 Å². The summed E-state index contributed by atoms with van der Waals surface area (Å²) in [5, 5.41) is 7.48. The quantitative estimate of drug-likeness (QED) is 0.767. The average molecular weight is 341 g/mol. The summed E-state index contributed by atoms with van der Waals surface area (Å²) in [7, 11) is 1.52. The van der Waals surface area contributed by atoms with Crippen LogP contribution in [0.25, 0.3) is 11.0 Å². The van der Waals surface area contributed by atoms with Crippen molar-refractivity contribution < 1.29 is 13.9 Å². The lowest BCUT2D eigenvalue weighted by Crippen LogP contribution is -2.28. The number of carbonyl (C=O) groups excluding carboxylic acids is 1. The van der Waals surface area contributed by atoms with E-state index in [1.54, 1.807) is 18.2 Å². The third-order valence-corrected chi connectivity index (χ3v) is 3.87. The molecule has 0 aliphatic rings. The topological polar surface area (TPSA) is 86.4 Å². The van der Waals surface area contributed by atoms with Gasteiger partial charge in [0.1, 0.15) is 11.3 Å². The highest BCUT2D eigenvalue weighted by molar-refractivity contribution is 5.93. The van der Waals surface area contributed by atoms with Gasteiger partial charge in [0.15, 0.2) is 11.2 Å². The van der Waals surface area contributed by atoms with Gasteiger partial charge in [-0.1, -0.05) is 0 Å². The molecule has 3 rings (SSSR count). The summed E-state index contributed by atoms with van der Waals surface area (Å²) >= 11 is 0. The number of nitrogens with zero attached hydrogens (tertiary/aromatic N) is 2. The van der Waals surface area contributed by atoms with Crippen molar-refractivity contribution in [2.24, 2.45) is 0 Å². The van der Waals surface area contributed by atoms with Crippen molar-refractivity contribution in [1.29, 1.82) is 0 Å². The second-order valence-corrected chi connectivity index (χ2v) is 5.74. The fourth-order valence-electron chi connectivity index (χ4n) is 2.64. The van der Waals surface area contributed by atoms with Crippen molar-refractivity contribution in [1.82, 2.24) is 15.1 Å². The number of carbonyl (C=O) groups is 1. The molecule has 0 saturated heterocycles. The maximum Gasteiger partial charge on any atom is 0.287 e. The second kappa shape index (κ2) is 6.80. The predicted molar refractivity (Wildman–Crippen MR) is 93.1 cm³/mol. The van der Waals surface area contributed by atoms with Crippen LogP contribution in [0.15, 0.2) is 39.5 Å². The second-order valence-electron chi connectivity index (χ2n) is 5.74. The largest absolute Gasteiger partial charge is 0.497 e. The van der Waals surface area contributed by atoms with E-state index in [4.69, 9.17) is 9.15 Å². The molecule has 1 aromatic carbocycles. The monoisotopic (exact) mass is 341 g/mol. The Bertz CT molecular complexity index is 988. The van der Waals surface area contributed by atoms with Crippen LogP contribution in [0.2, 0.25) is 0 Å². The highest BCUT2D eigenvalue weighted by Gasteiger charge is 2.13. The van der Waals surface area contributed by atoms with Crippen molar-refractivity contribution in [3.8, 4) is 5.75 Å². The first kappa shape index (κ1) is 16.8. The fraction of sp³-hybridized carbons (Fsp3) is 0.278. The zero-order chi connectivity index (χ0) is 18.0. The van der Waals surface area contributed by atoms with Crippen LogP contribution in [0, 0.1) is 13.8 Å². The first-order chi connectivity index (χ1) is 12.0. The zero-order valence-corrected chi connectivity index (χ0v) is 14.3. The molecule has 0 bridgehead atoms. The molecule has 0 atom stereocenters. The Morgan fingerprint density at radius 2 is 2.08 bits per heavy atom. The number of ether oxygens (including phenoxy) is 1. The Morgan fingerprint density at radius 3 is 2.76 bits per heavy atom. The fourth-order valence-corrected chi connectivity index (χ4v) is 2.64. The van der Waals surface area contributed by atoms with Crippen molar-refractivity contribution in [2.45, 2.75) is 20.4 Å². The van der Waals surface area contributed by atoms with Crippen LogP contribution in [-0.2, 0) is 6.54 Å². The van der Waals surface area contributed by atoms with Gasteiger partial charge < -0.3 is 14.5 Å². The molecule has 2 heterocycles. The van der Waals surface area contributed by atoms with E-state index in [2.05, 4.69) is 10.4 Å². The maximum atomic E-state index is 12.3. The summed E-state index contributed by atoms with van der Waals surface area (Å²) in [6.07, 6.45) is 0. The van der Waals surface area contributed by atoms with Crippen LogP contribution >= 0.6 is 0 Å². The molecule has 25 heavy (non-hydrogen) atoms. The summed E-state index contributed by atoms with van der Waals surface area (Å²) in [6.45, 7) is 4.79. The van der Waals surface area contributed by atoms with Gasteiger partial charge in [0, 0.05) is 24.4 Å². The lowest BCUT2D eigenvalue weighted by atomic mass is 10.2. The first-order valence-corrected chi connectivity index (χ1v) is 7.89. The van der Waals surface area contributed by atoms with E-state index < -0.39 is 5.91 Å². The molecule has 7 nitrogen and oxygen atoms in total. The van der Waals surface area contributed by atoms with Crippen LogP contribution < -0.4 is 15.5 Å². The number of rotatable bonds is 5. The van der Waals surface area contributed by atoms with Gasteiger partial charge in [0.25, 0.3) is 5.91 Å². The van der Waals surface area contributed by atoms with E-state index in [1.807, 2.05) is 24.6 Å². The molecular weight excluding hydrogens is 322 g/mol. The van der Waals surface area contributed by atoms with E-state index in [0.29, 0.717) is 29.8 Å². The highest BCUT2D eigenvalue weighted by Crippen LogP contribution is 2.19. The first-order valence-electron chi connectivity index (χ1n) is 7.89. The molecule has 0 spiro atoms.